The van der Waals surface area contributed by atoms with Gasteiger partial charge in [0.25, 0.3) is 11.8 Å². The minimum Gasteiger partial charge on any atom is -0.497 e. The Balaban J connectivity index is 1.50. The van der Waals surface area contributed by atoms with Crippen molar-refractivity contribution in [1.82, 2.24) is 10.7 Å². The molecule has 2 N–H and O–H groups in total. The van der Waals surface area contributed by atoms with Crippen molar-refractivity contribution in [2.45, 2.75) is 0 Å². The molecule has 168 valence electrons. The minimum atomic E-state index is -0.510. The second-order valence-corrected chi connectivity index (χ2v) is 7.81. The molecule has 0 unspecified atom stereocenters. The molecule has 9 heteroatoms. The first-order valence-electron chi connectivity index (χ1n) is 9.77. The fourth-order valence-electron chi connectivity index (χ4n) is 2.67. The van der Waals surface area contributed by atoms with E-state index >= 15 is 0 Å². The summed E-state index contributed by atoms with van der Waals surface area (Å²) < 4.78 is 11.2. The average molecular weight is 557 g/mol. The number of nitrogens with one attached hydrogen (secondary N) is 2. The number of esters is 1. The van der Waals surface area contributed by atoms with Crippen molar-refractivity contribution in [1.29, 1.82) is 0 Å². The maximum atomic E-state index is 12.3. The number of halogens is 1. The highest BCUT2D eigenvalue weighted by Crippen LogP contribution is 2.16. The van der Waals surface area contributed by atoms with E-state index in [4.69, 9.17) is 9.47 Å². The van der Waals surface area contributed by atoms with Gasteiger partial charge in [0.15, 0.2) is 0 Å². The highest BCUT2D eigenvalue weighted by atomic mass is 127. The number of methoxy groups -OCH3 is 1. The molecular formula is C24H20IN3O5. The Morgan fingerprint density at radius 2 is 1.73 bits per heavy atom. The third-order valence-electron chi connectivity index (χ3n) is 4.33. The first kappa shape index (κ1) is 23.9. The number of ether oxygens (including phenoxy) is 2. The molecule has 0 atom stereocenters. The van der Waals surface area contributed by atoms with Crippen molar-refractivity contribution >= 4 is 46.6 Å². The van der Waals surface area contributed by atoms with E-state index < -0.39 is 11.9 Å². The summed E-state index contributed by atoms with van der Waals surface area (Å²) in [6, 6.07) is 20.3. The van der Waals surface area contributed by atoms with Gasteiger partial charge in [-0.05, 0) is 76.7 Å². The molecule has 0 bridgehead atoms. The topological polar surface area (TPSA) is 106 Å². The first-order valence-corrected chi connectivity index (χ1v) is 10.8. The maximum absolute atomic E-state index is 12.3. The van der Waals surface area contributed by atoms with E-state index in [-0.39, 0.29) is 12.5 Å². The summed E-state index contributed by atoms with van der Waals surface area (Å²) >= 11 is 2.06. The largest absolute Gasteiger partial charge is 0.497 e. The van der Waals surface area contributed by atoms with Gasteiger partial charge in [-0.3, -0.25) is 9.59 Å². The third kappa shape index (κ3) is 7.14. The second-order valence-electron chi connectivity index (χ2n) is 6.65. The molecule has 0 saturated heterocycles. The number of hydrazone groups is 1. The van der Waals surface area contributed by atoms with Crippen LogP contribution >= 0.6 is 22.6 Å². The van der Waals surface area contributed by atoms with E-state index in [0.29, 0.717) is 28.2 Å². The van der Waals surface area contributed by atoms with Gasteiger partial charge >= 0.3 is 5.97 Å². The standard InChI is InChI=1S/C24H20IN3O5/c1-32-18-11-9-17(10-12-18)24(31)33-19-6-4-5-16(13-19)14-27-28-22(29)15-26-23(30)20-7-2-3-8-21(20)25/h2-14H,15H2,1H3,(H,26,30)(H,28,29)/b27-14-. The highest BCUT2D eigenvalue weighted by molar-refractivity contribution is 14.1. The van der Waals surface area contributed by atoms with Gasteiger partial charge in [0, 0.05) is 3.57 Å². The minimum absolute atomic E-state index is 0.222. The van der Waals surface area contributed by atoms with E-state index in [9.17, 15) is 14.4 Å². The van der Waals surface area contributed by atoms with E-state index in [1.807, 2.05) is 12.1 Å². The SMILES string of the molecule is COc1ccc(C(=O)Oc2cccc(/C=N\NC(=O)CNC(=O)c3ccccc3I)c2)cc1. The van der Waals surface area contributed by atoms with Gasteiger partial charge in [-0.2, -0.15) is 5.10 Å². The Kier molecular flexibility index (Phi) is 8.53. The summed E-state index contributed by atoms with van der Waals surface area (Å²) in [7, 11) is 1.55. The Bertz CT molecular complexity index is 1180. The molecule has 33 heavy (non-hydrogen) atoms. The Morgan fingerprint density at radius 1 is 0.970 bits per heavy atom. The Morgan fingerprint density at radius 3 is 2.45 bits per heavy atom. The second kappa shape index (κ2) is 11.8. The Labute approximate surface area is 204 Å². The lowest BCUT2D eigenvalue weighted by atomic mass is 10.2. The van der Waals surface area contributed by atoms with E-state index in [0.717, 1.165) is 3.57 Å². The monoisotopic (exact) mass is 557 g/mol. The van der Waals surface area contributed by atoms with E-state index in [2.05, 4.69) is 38.4 Å². The molecule has 0 saturated carbocycles. The van der Waals surface area contributed by atoms with Crippen LogP contribution in [0.4, 0.5) is 0 Å². The highest BCUT2D eigenvalue weighted by Gasteiger charge is 2.11. The van der Waals surface area contributed by atoms with Crippen LogP contribution < -0.4 is 20.2 Å². The van der Waals surface area contributed by atoms with Crippen LogP contribution in [0.25, 0.3) is 0 Å². The molecule has 3 aromatic carbocycles. The quantitative estimate of drug-likeness (QED) is 0.145. The Hall–Kier alpha value is -3.73. The summed E-state index contributed by atoms with van der Waals surface area (Å²) in [6.45, 7) is -0.222. The van der Waals surface area contributed by atoms with Crippen LogP contribution in [0, 0.1) is 3.57 Å². The molecule has 2 amide bonds. The molecule has 3 aromatic rings. The number of hydrogen-bond acceptors (Lipinski definition) is 6. The maximum Gasteiger partial charge on any atom is 0.343 e. The lowest BCUT2D eigenvalue weighted by molar-refractivity contribution is -0.120. The molecule has 0 aliphatic heterocycles. The first-order chi connectivity index (χ1) is 16.0. The number of amides is 2. The summed E-state index contributed by atoms with van der Waals surface area (Å²) in [5, 5.41) is 6.42. The zero-order valence-electron chi connectivity index (χ0n) is 17.6. The predicted octanol–water partition coefficient (Wildman–Crippen LogP) is 3.40. The van der Waals surface area contributed by atoms with Gasteiger partial charge in [-0.25, -0.2) is 10.2 Å². The molecule has 0 heterocycles. The summed E-state index contributed by atoms with van der Waals surface area (Å²) in [4.78, 5) is 36.4. The van der Waals surface area contributed by atoms with Crippen LogP contribution in [0.3, 0.4) is 0 Å². The fraction of sp³-hybridized carbons (Fsp3) is 0.0833. The molecule has 3 rings (SSSR count). The number of hydrogen-bond donors (Lipinski definition) is 2. The van der Waals surface area contributed by atoms with Crippen molar-refractivity contribution in [2.24, 2.45) is 5.10 Å². The van der Waals surface area contributed by atoms with Crippen LogP contribution in [0.5, 0.6) is 11.5 Å². The molecule has 0 spiro atoms. The smallest absolute Gasteiger partial charge is 0.343 e. The van der Waals surface area contributed by atoms with Crippen molar-refractivity contribution in [3.63, 3.8) is 0 Å². The molecule has 0 aliphatic carbocycles. The van der Waals surface area contributed by atoms with Crippen LogP contribution in [-0.2, 0) is 4.79 Å². The van der Waals surface area contributed by atoms with Crippen LogP contribution in [-0.4, -0.2) is 37.7 Å². The van der Waals surface area contributed by atoms with Crippen LogP contribution in [0.1, 0.15) is 26.3 Å². The fourth-order valence-corrected chi connectivity index (χ4v) is 3.30. The molecular weight excluding hydrogens is 537 g/mol. The molecule has 0 fully saturated rings. The normalized spacial score (nSPS) is 10.5. The predicted molar refractivity (Wildman–Crippen MR) is 132 cm³/mol. The summed E-state index contributed by atoms with van der Waals surface area (Å²) in [6.07, 6.45) is 1.41. The zero-order valence-corrected chi connectivity index (χ0v) is 19.7. The number of benzene rings is 3. The van der Waals surface area contributed by atoms with Crippen LogP contribution in [0.2, 0.25) is 0 Å². The number of carbonyl (C=O) groups excluding carboxylic acids is 3. The van der Waals surface area contributed by atoms with Gasteiger partial charge < -0.3 is 14.8 Å². The van der Waals surface area contributed by atoms with E-state index in [1.54, 1.807) is 67.8 Å². The van der Waals surface area contributed by atoms with E-state index in [1.165, 1.54) is 6.21 Å². The number of nitrogens with zero attached hydrogens (tertiary/aromatic N) is 1. The third-order valence-corrected chi connectivity index (χ3v) is 5.27. The molecule has 0 aromatic heterocycles. The number of rotatable bonds is 8. The average Bonchev–Trinajstić information content (AvgIpc) is 2.83. The lowest BCUT2D eigenvalue weighted by Crippen LogP contribution is -2.35. The molecule has 8 nitrogen and oxygen atoms in total. The van der Waals surface area contributed by atoms with Crippen molar-refractivity contribution in [3.8, 4) is 11.5 Å². The van der Waals surface area contributed by atoms with Crippen molar-refractivity contribution < 1.29 is 23.9 Å². The molecule has 0 aliphatic rings. The zero-order chi connectivity index (χ0) is 23.6. The van der Waals surface area contributed by atoms with Crippen molar-refractivity contribution in [2.75, 3.05) is 13.7 Å². The van der Waals surface area contributed by atoms with Gasteiger partial charge in [0.1, 0.15) is 11.5 Å². The molecule has 0 radical (unpaired) electrons. The van der Waals surface area contributed by atoms with Gasteiger partial charge in [-0.1, -0.05) is 24.3 Å². The summed E-state index contributed by atoms with van der Waals surface area (Å²) in [5.41, 5.74) is 3.83. The van der Waals surface area contributed by atoms with Crippen molar-refractivity contribution in [3.05, 3.63) is 93.1 Å². The lowest BCUT2D eigenvalue weighted by Gasteiger charge is -2.06. The van der Waals surface area contributed by atoms with Gasteiger partial charge in [-0.15, -0.1) is 0 Å². The van der Waals surface area contributed by atoms with Gasteiger partial charge in [0.2, 0.25) is 0 Å². The van der Waals surface area contributed by atoms with Gasteiger partial charge in [0.05, 0.1) is 31.0 Å². The van der Waals surface area contributed by atoms with Crippen LogP contribution in [0.15, 0.2) is 77.9 Å². The summed E-state index contributed by atoms with van der Waals surface area (Å²) in [5.74, 6) is -0.362. The number of carbonyl (C=O) groups is 3.